The molecule has 3 aromatic rings. The zero-order valence-corrected chi connectivity index (χ0v) is 15.0. The van der Waals surface area contributed by atoms with Crippen LogP contribution < -0.4 is 23.5 Å². The lowest BCUT2D eigenvalue weighted by Crippen LogP contribution is -2.32. The Balaban J connectivity index is 2.02. The van der Waals surface area contributed by atoms with Gasteiger partial charge in [-0.05, 0) is 17.5 Å². The van der Waals surface area contributed by atoms with Crippen molar-refractivity contribution in [3.8, 4) is 28.7 Å². The predicted octanol–water partition coefficient (Wildman–Crippen LogP) is 2.70. The number of methoxy groups -OCH3 is 4. The van der Waals surface area contributed by atoms with Crippen LogP contribution in [0.1, 0.15) is 16.1 Å². The van der Waals surface area contributed by atoms with Gasteiger partial charge in [-0.25, -0.2) is 0 Å². The molecule has 0 spiro atoms. The fraction of sp³-hybridized carbons (Fsp3) is 0.200. The first kappa shape index (κ1) is 16.2. The first-order chi connectivity index (χ1) is 12.6. The van der Waals surface area contributed by atoms with Crippen LogP contribution in [0.4, 0.5) is 0 Å². The molecule has 0 saturated heterocycles. The molecule has 1 aliphatic heterocycles. The van der Waals surface area contributed by atoms with Gasteiger partial charge < -0.3 is 18.9 Å². The Labute approximate surface area is 150 Å². The van der Waals surface area contributed by atoms with Crippen molar-refractivity contribution >= 4 is 16.6 Å². The summed E-state index contributed by atoms with van der Waals surface area (Å²) in [5.41, 5.74) is 1.91. The van der Waals surface area contributed by atoms with Gasteiger partial charge in [0.05, 0.1) is 39.9 Å². The third-order valence-electron chi connectivity index (χ3n) is 4.68. The molecule has 0 bridgehead atoms. The number of fused-ring (bicyclic) bond motifs is 5. The molecule has 0 unspecified atom stereocenters. The van der Waals surface area contributed by atoms with E-state index in [4.69, 9.17) is 18.9 Å². The zero-order valence-electron chi connectivity index (χ0n) is 15.0. The van der Waals surface area contributed by atoms with Crippen LogP contribution in [0.3, 0.4) is 0 Å². The number of hydrogen-bond donors (Lipinski definition) is 0. The van der Waals surface area contributed by atoms with Crippen LogP contribution in [0.2, 0.25) is 0 Å². The SMILES string of the molecule is COc1cc2c(cc1OC)-[n+]1ccc3cc(OC)c(OC)cc3c1C2=O. The minimum Gasteiger partial charge on any atom is -0.493 e. The lowest BCUT2D eigenvalue weighted by molar-refractivity contribution is -0.592. The molecular weight excluding hydrogens is 334 g/mol. The van der Waals surface area contributed by atoms with Crippen molar-refractivity contribution in [2.24, 2.45) is 0 Å². The smallest absolute Gasteiger partial charge is 0.267 e. The fourth-order valence-electron chi connectivity index (χ4n) is 3.41. The normalized spacial score (nSPS) is 11.9. The molecule has 0 saturated carbocycles. The van der Waals surface area contributed by atoms with Crippen molar-refractivity contribution in [3.63, 3.8) is 0 Å². The van der Waals surface area contributed by atoms with Gasteiger partial charge >= 0.3 is 0 Å². The topological polar surface area (TPSA) is 57.9 Å². The van der Waals surface area contributed by atoms with Gasteiger partial charge in [0.1, 0.15) is 5.56 Å². The van der Waals surface area contributed by atoms with Crippen LogP contribution in [-0.4, -0.2) is 34.2 Å². The van der Waals surface area contributed by atoms with Gasteiger partial charge in [-0.2, -0.15) is 4.57 Å². The molecule has 6 nitrogen and oxygen atoms in total. The highest BCUT2D eigenvalue weighted by molar-refractivity contribution is 6.17. The minimum atomic E-state index is -0.0706. The number of ether oxygens (including phenoxy) is 4. The lowest BCUT2D eigenvalue weighted by Gasteiger charge is -2.09. The molecule has 4 rings (SSSR count). The maximum Gasteiger partial charge on any atom is 0.267 e. The second-order valence-corrected chi connectivity index (χ2v) is 5.88. The minimum absolute atomic E-state index is 0.0706. The summed E-state index contributed by atoms with van der Waals surface area (Å²) in [7, 11) is 6.29. The second-order valence-electron chi connectivity index (χ2n) is 5.88. The van der Waals surface area contributed by atoms with Crippen molar-refractivity contribution in [3.05, 3.63) is 47.8 Å². The number of nitrogens with zero attached hydrogens (tertiary/aromatic N) is 1. The molecule has 26 heavy (non-hydrogen) atoms. The van der Waals surface area contributed by atoms with E-state index in [0.717, 1.165) is 16.5 Å². The maximum atomic E-state index is 13.1. The first-order valence-electron chi connectivity index (χ1n) is 8.04. The molecule has 1 aromatic heterocycles. The van der Waals surface area contributed by atoms with Crippen LogP contribution in [0, 0.1) is 0 Å². The fourth-order valence-corrected chi connectivity index (χ4v) is 3.41. The number of benzene rings is 2. The molecular formula is C20H18NO5+. The molecule has 6 heteroatoms. The summed E-state index contributed by atoms with van der Waals surface area (Å²) >= 11 is 0. The Morgan fingerprint density at radius 1 is 0.769 bits per heavy atom. The number of rotatable bonds is 4. The lowest BCUT2D eigenvalue weighted by atomic mass is 10.0. The van der Waals surface area contributed by atoms with E-state index in [2.05, 4.69) is 0 Å². The van der Waals surface area contributed by atoms with Crippen molar-refractivity contribution in [1.82, 2.24) is 0 Å². The molecule has 2 heterocycles. The van der Waals surface area contributed by atoms with Crippen molar-refractivity contribution in [2.75, 3.05) is 28.4 Å². The summed E-state index contributed by atoms with van der Waals surface area (Å²) in [6.45, 7) is 0. The van der Waals surface area contributed by atoms with Crippen LogP contribution in [0.5, 0.6) is 23.0 Å². The molecule has 0 radical (unpaired) electrons. The van der Waals surface area contributed by atoms with Gasteiger partial charge in [-0.1, -0.05) is 0 Å². The highest BCUT2D eigenvalue weighted by Gasteiger charge is 2.39. The number of aromatic nitrogens is 1. The molecule has 0 fully saturated rings. The zero-order chi connectivity index (χ0) is 18.4. The van der Waals surface area contributed by atoms with E-state index in [1.807, 2.05) is 35.0 Å². The van der Waals surface area contributed by atoms with Crippen molar-refractivity contribution in [1.29, 1.82) is 0 Å². The van der Waals surface area contributed by atoms with E-state index in [0.29, 0.717) is 34.3 Å². The quantitative estimate of drug-likeness (QED) is 0.529. The Bertz CT molecular complexity index is 1060. The van der Waals surface area contributed by atoms with Crippen LogP contribution in [0.25, 0.3) is 16.5 Å². The Kier molecular flexibility index (Phi) is 3.68. The Hall–Kier alpha value is -3.28. The van der Waals surface area contributed by atoms with Gasteiger partial charge in [-0.15, -0.1) is 0 Å². The standard InChI is InChI=1S/C20H18NO5/c1-23-15-7-11-5-6-21-14-10-18(26-4)17(25-3)9-13(14)20(22)19(21)12(11)8-16(15)24-2/h5-10H,1-4H3/q+1. The summed E-state index contributed by atoms with van der Waals surface area (Å²) < 4.78 is 23.4. The van der Waals surface area contributed by atoms with Gasteiger partial charge in [0.25, 0.3) is 11.5 Å². The molecule has 0 amide bonds. The van der Waals surface area contributed by atoms with Gasteiger partial charge in [-0.3, -0.25) is 4.79 Å². The van der Waals surface area contributed by atoms with E-state index in [1.54, 1.807) is 34.5 Å². The van der Waals surface area contributed by atoms with Crippen LogP contribution >= 0.6 is 0 Å². The van der Waals surface area contributed by atoms with E-state index < -0.39 is 0 Å². The monoisotopic (exact) mass is 352 g/mol. The number of carbonyl (C=O) groups is 1. The molecule has 2 aromatic carbocycles. The summed E-state index contributed by atoms with van der Waals surface area (Å²) in [5.74, 6) is 2.23. The summed E-state index contributed by atoms with van der Waals surface area (Å²) in [6.07, 6.45) is 1.87. The number of ketones is 1. The average Bonchev–Trinajstić information content (AvgIpc) is 2.97. The highest BCUT2D eigenvalue weighted by Crippen LogP contribution is 2.38. The van der Waals surface area contributed by atoms with Crippen molar-refractivity contribution in [2.45, 2.75) is 0 Å². The molecule has 132 valence electrons. The average molecular weight is 352 g/mol. The van der Waals surface area contributed by atoms with Crippen molar-refractivity contribution < 1.29 is 28.3 Å². The molecule has 0 aliphatic carbocycles. The van der Waals surface area contributed by atoms with Gasteiger partial charge in [0, 0.05) is 12.1 Å². The molecule has 0 N–H and O–H groups in total. The van der Waals surface area contributed by atoms with E-state index in [-0.39, 0.29) is 5.78 Å². The van der Waals surface area contributed by atoms with Gasteiger partial charge in [0.15, 0.2) is 29.2 Å². The summed E-state index contributed by atoms with van der Waals surface area (Å²) in [5, 5.41) is 1.69. The third kappa shape index (κ3) is 2.12. The van der Waals surface area contributed by atoms with Gasteiger partial charge in [0.2, 0.25) is 5.69 Å². The summed E-state index contributed by atoms with van der Waals surface area (Å²) in [4.78, 5) is 13.1. The Morgan fingerprint density at radius 2 is 1.35 bits per heavy atom. The van der Waals surface area contributed by atoms with E-state index in [9.17, 15) is 4.79 Å². The number of pyridine rings is 1. The van der Waals surface area contributed by atoms with E-state index >= 15 is 0 Å². The maximum absolute atomic E-state index is 13.1. The Morgan fingerprint density at radius 3 is 2.00 bits per heavy atom. The van der Waals surface area contributed by atoms with Crippen LogP contribution in [-0.2, 0) is 0 Å². The largest absolute Gasteiger partial charge is 0.493 e. The number of carbonyl (C=O) groups excluding carboxylic acids is 1. The highest BCUT2D eigenvalue weighted by atomic mass is 16.5. The number of hydrogen-bond acceptors (Lipinski definition) is 5. The third-order valence-corrected chi connectivity index (χ3v) is 4.68. The first-order valence-corrected chi connectivity index (χ1v) is 8.04. The van der Waals surface area contributed by atoms with Crippen LogP contribution in [0.15, 0.2) is 36.5 Å². The van der Waals surface area contributed by atoms with E-state index in [1.165, 1.54) is 0 Å². The molecule has 1 aliphatic rings. The predicted molar refractivity (Wildman–Crippen MR) is 95.1 cm³/mol. The second kappa shape index (κ2) is 5.91. The summed E-state index contributed by atoms with van der Waals surface area (Å²) in [6, 6.07) is 9.18. The molecule has 0 atom stereocenters.